The van der Waals surface area contributed by atoms with Gasteiger partial charge >= 0.3 is 0 Å². The second kappa shape index (κ2) is 1.75. The van der Waals surface area contributed by atoms with Gasteiger partial charge in [0.2, 0.25) is 0 Å². The van der Waals surface area contributed by atoms with Crippen molar-refractivity contribution < 1.29 is 10.0 Å². The molecule has 1 radical (unpaired) electrons. The Balaban J connectivity index is 2.41. The Morgan fingerprint density at radius 1 is 1.08 bits per heavy atom. The number of hydroxylamine groups is 2. The fraction of sp³-hybridized carbons (Fsp3) is 0.889. The molecule has 0 aromatic heterocycles. The minimum absolute atomic E-state index is 0.00926. The SMILES string of the molecule is CC1(C)C2C(=O)C2C(C)(C)N1[O]. The molecule has 2 atom stereocenters. The molecule has 1 aliphatic carbocycles. The number of nitrogens with zero attached hydrogens (tertiary/aromatic N) is 1. The van der Waals surface area contributed by atoms with Crippen LogP contribution in [0.2, 0.25) is 0 Å². The van der Waals surface area contributed by atoms with Crippen molar-refractivity contribution in [2.45, 2.75) is 38.8 Å². The summed E-state index contributed by atoms with van der Waals surface area (Å²) in [6.07, 6.45) is 0. The van der Waals surface area contributed by atoms with E-state index in [0.717, 1.165) is 5.06 Å². The molecule has 12 heavy (non-hydrogen) atoms. The van der Waals surface area contributed by atoms with Crippen molar-refractivity contribution in [3.63, 3.8) is 0 Å². The van der Waals surface area contributed by atoms with E-state index in [2.05, 4.69) is 0 Å². The highest BCUT2D eigenvalue weighted by atomic mass is 16.5. The maximum Gasteiger partial charge on any atom is 0.144 e. The fourth-order valence-electron chi connectivity index (χ4n) is 2.75. The highest BCUT2D eigenvalue weighted by Crippen LogP contribution is 2.59. The van der Waals surface area contributed by atoms with Crippen LogP contribution < -0.4 is 0 Å². The third kappa shape index (κ3) is 0.627. The van der Waals surface area contributed by atoms with Gasteiger partial charge in [0.05, 0.1) is 11.1 Å². The molecule has 0 N–H and O–H groups in total. The van der Waals surface area contributed by atoms with Gasteiger partial charge in [-0.3, -0.25) is 4.79 Å². The van der Waals surface area contributed by atoms with Crippen LogP contribution in [0.3, 0.4) is 0 Å². The Labute approximate surface area is 72.3 Å². The number of carbonyl (C=O) groups is 1. The number of carbonyl (C=O) groups excluding carboxylic acids is 1. The average Bonchev–Trinajstić information content (AvgIpc) is 2.56. The molecule has 0 aromatic carbocycles. The first-order valence-electron chi connectivity index (χ1n) is 4.32. The van der Waals surface area contributed by atoms with E-state index in [1.807, 2.05) is 27.7 Å². The first kappa shape index (κ1) is 8.20. The lowest BCUT2D eigenvalue weighted by atomic mass is 10.00. The Morgan fingerprint density at radius 3 is 1.67 bits per heavy atom. The molecular formula is C9H14NO2. The molecule has 2 aliphatic rings. The molecule has 1 saturated heterocycles. The van der Waals surface area contributed by atoms with Crippen molar-refractivity contribution in [2.24, 2.45) is 11.8 Å². The minimum atomic E-state index is -0.481. The predicted molar refractivity (Wildman–Crippen MR) is 42.7 cm³/mol. The van der Waals surface area contributed by atoms with Gasteiger partial charge in [0.25, 0.3) is 0 Å². The Morgan fingerprint density at radius 2 is 1.42 bits per heavy atom. The van der Waals surface area contributed by atoms with E-state index in [4.69, 9.17) is 0 Å². The van der Waals surface area contributed by atoms with E-state index in [1.165, 1.54) is 0 Å². The molecule has 2 fully saturated rings. The van der Waals surface area contributed by atoms with Crippen LogP contribution in [-0.2, 0) is 10.0 Å². The third-order valence-corrected chi connectivity index (χ3v) is 3.41. The van der Waals surface area contributed by atoms with Crippen LogP contribution in [0.5, 0.6) is 0 Å². The summed E-state index contributed by atoms with van der Waals surface area (Å²) < 4.78 is 0. The molecule has 1 aliphatic heterocycles. The largest absolute Gasteiger partial charge is 0.299 e. The highest BCUT2D eigenvalue weighted by Gasteiger charge is 2.74. The van der Waals surface area contributed by atoms with E-state index in [9.17, 15) is 10.0 Å². The highest BCUT2D eigenvalue weighted by molar-refractivity contribution is 6.03. The zero-order valence-corrected chi connectivity index (χ0v) is 7.92. The van der Waals surface area contributed by atoms with E-state index in [0.29, 0.717) is 0 Å². The van der Waals surface area contributed by atoms with Crippen LogP contribution in [0.15, 0.2) is 0 Å². The zero-order valence-electron chi connectivity index (χ0n) is 7.92. The second-order valence-corrected chi connectivity index (χ2v) is 4.96. The van der Waals surface area contributed by atoms with Crippen molar-refractivity contribution in [3.05, 3.63) is 0 Å². The number of ketones is 1. The lowest BCUT2D eigenvalue weighted by Crippen LogP contribution is -2.50. The van der Waals surface area contributed by atoms with Gasteiger partial charge in [-0.2, -0.15) is 0 Å². The fourth-order valence-corrected chi connectivity index (χ4v) is 2.75. The second-order valence-electron chi connectivity index (χ2n) is 4.96. The molecule has 3 heteroatoms. The molecular weight excluding hydrogens is 154 g/mol. The number of rotatable bonds is 0. The first-order chi connectivity index (χ1) is 5.31. The number of hydrogen-bond acceptors (Lipinski definition) is 2. The molecule has 2 rings (SSSR count). The number of piperidine rings is 1. The van der Waals surface area contributed by atoms with Crippen molar-refractivity contribution in [1.29, 1.82) is 0 Å². The molecule has 0 aromatic rings. The van der Waals surface area contributed by atoms with Gasteiger partial charge in [-0.25, -0.2) is 0 Å². The molecule has 0 bridgehead atoms. The first-order valence-corrected chi connectivity index (χ1v) is 4.32. The van der Waals surface area contributed by atoms with Gasteiger partial charge in [0, 0.05) is 11.8 Å². The lowest BCUT2D eigenvalue weighted by Gasteiger charge is -2.35. The molecule has 0 amide bonds. The van der Waals surface area contributed by atoms with Crippen molar-refractivity contribution in [1.82, 2.24) is 5.06 Å². The van der Waals surface area contributed by atoms with E-state index in [-0.39, 0.29) is 17.6 Å². The van der Waals surface area contributed by atoms with Crippen LogP contribution in [0, 0.1) is 11.8 Å². The van der Waals surface area contributed by atoms with Crippen molar-refractivity contribution in [2.75, 3.05) is 0 Å². The van der Waals surface area contributed by atoms with E-state index in [1.54, 1.807) is 0 Å². The topological polar surface area (TPSA) is 40.2 Å². The quantitative estimate of drug-likeness (QED) is 0.541. The Hall–Kier alpha value is -0.410. The van der Waals surface area contributed by atoms with Gasteiger partial charge in [0.15, 0.2) is 0 Å². The van der Waals surface area contributed by atoms with Crippen molar-refractivity contribution >= 4 is 5.78 Å². The maximum absolute atomic E-state index is 11.7. The third-order valence-electron chi connectivity index (χ3n) is 3.41. The monoisotopic (exact) mass is 168 g/mol. The normalized spacial score (nSPS) is 42.9. The van der Waals surface area contributed by atoms with Crippen LogP contribution in [0.25, 0.3) is 0 Å². The zero-order chi connectivity index (χ0) is 9.31. The molecule has 3 nitrogen and oxygen atoms in total. The summed E-state index contributed by atoms with van der Waals surface area (Å²) in [5, 5.41) is 12.8. The summed E-state index contributed by atoms with van der Waals surface area (Å²) in [7, 11) is 0. The van der Waals surface area contributed by atoms with Gasteiger partial charge in [-0.1, -0.05) is 0 Å². The summed E-state index contributed by atoms with van der Waals surface area (Å²) in [6.45, 7) is 7.43. The Bertz CT molecular complexity index is 233. The van der Waals surface area contributed by atoms with E-state index < -0.39 is 11.1 Å². The summed E-state index contributed by atoms with van der Waals surface area (Å²) in [4.78, 5) is 11.3. The maximum atomic E-state index is 11.7. The smallest absolute Gasteiger partial charge is 0.144 e. The summed E-state index contributed by atoms with van der Waals surface area (Å²) in [6, 6.07) is 0. The number of Topliss-reactive ketones (excluding diaryl/α,β-unsaturated/α-hetero) is 1. The van der Waals surface area contributed by atoms with Crippen molar-refractivity contribution in [3.8, 4) is 0 Å². The summed E-state index contributed by atoms with van der Waals surface area (Å²) >= 11 is 0. The number of fused-ring (bicyclic) bond motifs is 1. The van der Waals surface area contributed by atoms with E-state index >= 15 is 0 Å². The van der Waals surface area contributed by atoms with Gasteiger partial charge in [-0.05, 0) is 27.7 Å². The number of hydrogen-bond donors (Lipinski definition) is 0. The standard InChI is InChI=1S/C9H14NO2/c1-8(2)5-6(7(5)11)9(3,4)10(8)12/h5-6H,1-4H3. The van der Waals surface area contributed by atoms with Crippen LogP contribution >= 0.6 is 0 Å². The summed E-state index contributed by atoms with van der Waals surface area (Å²) in [5.41, 5.74) is -0.962. The van der Waals surface area contributed by atoms with Gasteiger partial charge < -0.3 is 0 Å². The predicted octanol–water partition coefficient (Wildman–Crippen LogP) is 1.02. The molecule has 2 unspecified atom stereocenters. The Kier molecular flexibility index (Phi) is 1.20. The molecule has 67 valence electrons. The van der Waals surface area contributed by atoms with Crippen LogP contribution in [0.4, 0.5) is 0 Å². The molecule has 1 saturated carbocycles. The van der Waals surface area contributed by atoms with Crippen LogP contribution in [0.1, 0.15) is 27.7 Å². The molecule has 0 spiro atoms. The molecule has 1 heterocycles. The summed E-state index contributed by atoms with van der Waals surface area (Å²) in [5.74, 6) is 0.257. The van der Waals surface area contributed by atoms with Crippen LogP contribution in [-0.4, -0.2) is 21.9 Å². The average molecular weight is 168 g/mol. The lowest BCUT2D eigenvalue weighted by molar-refractivity contribution is -0.255. The van der Waals surface area contributed by atoms with Gasteiger partial charge in [0.1, 0.15) is 5.78 Å². The van der Waals surface area contributed by atoms with Gasteiger partial charge in [-0.15, -0.1) is 10.3 Å². The minimum Gasteiger partial charge on any atom is -0.299 e.